The van der Waals surface area contributed by atoms with E-state index in [0.717, 1.165) is 12.0 Å². The standard InChI is InChI=1S/C18H34N2O/c1-21-16-18(7-11-19-12-8-18)15-20-13-9-17(10-14-20)5-3-2-4-6-17/h19H,2-16H2,1H3. The fourth-order valence-electron chi connectivity index (χ4n) is 5.07. The largest absolute Gasteiger partial charge is 0.384 e. The summed E-state index contributed by atoms with van der Waals surface area (Å²) in [4.78, 5) is 2.75. The lowest BCUT2D eigenvalue weighted by atomic mass is 9.68. The molecule has 3 nitrogen and oxygen atoms in total. The number of piperidine rings is 2. The molecule has 3 rings (SSSR count). The van der Waals surface area contributed by atoms with Crippen molar-refractivity contribution in [3.63, 3.8) is 0 Å². The molecule has 0 radical (unpaired) electrons. The van der Waals surface area contributed by atoms with Crippen LogP contribution in [-0.2, 0) is 4.74 Å². The van der Waals surface area contributed by atoms with Crippen molar-refractivity contribution in [2.24, 2.45) is 10.8 Å². The topological polar surface area (TPSA) is 24.5 Å². The van der Waals surface area contributed by atoms with Crippen molar-refractivity contribution in [2.75, 3.05) is 46.4 Å². The van der Waals surface area contributed by atoms with Crippen molar-refractivity contribution in [1.29, 1.82) is 0 Å². The van der Waals surface area contributed by atoms with Gasteiger partial charge < -0.3 is 15.0 Å². The van der Waals surface area contributed by atoms with Crippen molar-refractivity contribution >= 4 is 0 Å². The van der Waals surface area contributed by atoms with E-state index in [1.807, 2.05) is 7.11 Å². The summed E-state index contributed by atoms with van der Waals surface area (Å²) in [6, 6.07) is 0. The Kier molecular flexibility index (Phi) is 5.23. The molecular formula is C18H34N2O. The van der Waals surface area contributed by atoms with Gasteiger partial charge in [-0.1, -0.05) is 19.3 Å². The summed E-state index contributed by atoms with van der Waals surface area (Å²) in [6.45, 7) is 7.20. The number of hydrogen-bond acceptors (Lipinski definition) is 3. The highest BCUT2D eigenvalue weighted by Crippen LogP contribution is 2.45. The molecule has 3 fully saturated rings. The van der Waals surface area contributed by atoms with E-state index in [4.69, 9.17) is 4.74 Å². The second-order valence-corrected chi connectivity index (χ2v) is 8.02. The third-order valence-corrected chi connectivity index (χ3v) is 6.50. The van der Waals surface area contributed by atoms with Gasteiger partial charge in [-0.05, 0) is 70.1 Å². The van der Waals surface area contributed by atoms with E-state index < -0.39 is 0 Å². The Morgan fingerprint density at radius 3 is 2.19 bits per heavy atom. The molecule has 3 aliphatic rings. The maximum absolute atomic E-state index is 5.58. The van der Waals surface area contributed by atoms with Gasteiger partial charge in [0.25, 0.3) is 0 Å². The zero-order valence-corrected chi connectivity index (χ0v) is 14.0. The first-order valence-corrected chi connectivity index (χ1v) is 9.18. The van der Waals surface area contributed by atoms with Crippen molar-refractivity contribution in [2.45, 2.75) is 57.8 Å². The summed E-state index contributed by atoms with van der Waals surface area (Å²) in [5.74, 6) is 0. The van der Waals surface area contributed by atoms with Crippen LogP contribution in [-0.4, -0.2) is 51.3 Å². The van der Waals surface area contributed by atoms with Crippen LogP contribution in [0.25, 0.3) is 0 Å². The van der Waals surface area contributed by atoms with Gasteiger partial charge in [0.15, 0.2) is 0 Å². The number of hydrogen-bond donors (Lipinski definition) is 1. The third-order valence-electron chi connectivity index (χ3n) is 6.50. The predicted octanol–water partition coefficient (Wildman–Crippen LogP) is 3.05. The van der Waals surface area contributed by atoms with Gasteiger partial charge in [-0.2, -0.15) is 0 Å². The fourth-order valence-corrected chi connectivity index (χ4v) is 5.07. The van der Waals surface area contributed by atoms with Gasteiger partial charge in [-0.25, -0.2) is 0 Å². The second kappa shape index (κ2) is 6.97. The first-order chi connectivity index (χ1) is 10.3. The Hall–Kier alpha value is -0.120. The molecule has 0 atom stereocenters. The highest BCUT2D eigenvalue weighted by Gasteiger charge is 2.39. The molecular weight excluding hydrogens is 260 g/mol. The monoisotopic (exact) mass is 294 g/mol. The number of methoxy groups -OCH3 is 1. The number of nitrogens with zero attached hydrogens (tertiary/aromatic N) is 1. The predicted molar refractivity (Wildman–Crippen MR) is 87.6 cm³/mol. The highest BCUT2D eigenvalue weighted by atomic mass is 16.5. The SMILES string of the molecule is COCC1(CN2CCC3(CCCCC3)CC2)CCNCC1. The van der Waals surface area contributed by atoms with E-state index in [-0.39, 0.29) is 0 Å². The Bertz CT molecular complexity index is 304. The van der Waals surface area contributed by atoms with Gasteiger partial charge in [0.05, 0.1) is 6.61 Å². The van der Waals surface area contributed by atoms with E-state index in [0.29, 0.717) is 5.41 Å². The molecule has 0 bridgehead atoms. The average molecular weight is 294 g/mol. The Labute approximate surface area is 130 Å². The Morgan fingerprint density at radius 2 is 1.57 bits per heavy atom. The van der Waals surface area contributed by atoms with Crippen LogP contribution in [0.2, 0.25) is 0 Å². The summed E-state index contributed by atoms with van der Waals surface area (Å²) in [7, 11) is 1.87. The molecule has 0 aromatic heterocycles. The minimum absolute atomic E-state index is 0.414. The van der Waals surface area contributed by atoms with E-state index in [9.17, 15) is 0 Å². The maximum Gasteiger partial charge on any atom is 0.0531 e. The smallest absolute Gasteiger partial charge is 0.0531 e. The zero-order valence-electron chi connectivity index (χ0n) is 14.0. The van der Waals surface area contributed by atoms with Crippen LogP contribution in [0.5, 0.6) is 0 Å². The summed E-state index contributed by atoms with van der Waals surface area (Å²) < 4.78 is 5.58. The Morgan fingerprint density at radius 1 is 0.905 bits per heavy atom. The van der Waals surface area contributed by atoms with Crippen LogP contribution in [0.15, 0.2) is 0 Å². The molecule has 0 aromatic rings. The summed E-state index contributed by atoms with van der Waals surface area (Å²) in [5.41, 5.74) is 1.15. The molecule has 1 aliphatic carbocycles. The van der Waals surface area contributed by atoms with Crippen LogP contribution in [0.1, 0.15) is 57.8 Å². The number of rotatable bonds is 4. The minimum atomic E-state index is 0.414. The molecule has 3 heteroatoms. The van der Waals surface area contributed by atoms with Crippen LogP contribution in [0.3, 0.4) is 0 Å². The van der Waals surface area contributed by atoms with E-state index in [2.05, 4.69) is 10.2 Å². The normalized spacial score (nSPS) is 29.6. The molecule has 21 heavy (non-hydrogen) atoms. The second-order valence-electron chi connectivity index (χ2n) is 8.02. The molecule has 1 saturated carbocycles. The van der Waals surface area contributed by atoms with Gasteiger partial charge in [0.2, 0.25) is 0 Å². The third kappa shape index (κ3) is 3.80. The number of ether oxygens (including phenoxy) is 1. The first kappa shape index (κ1) is 15.8. The lowest BCUT2D eigenvalue weighted by Gasteiger charge is -2.47. The molecule has 0 aromatic carbocycles. The molecule has 0 unspecified atom stereocenters. The summed E-state index contributed by atoms with van der Waals surface area (Å²) in [6.07, 6.45) is 12.9. The number of nitrogens with one attached hydrogen (secondary N) is 1. The molecule has 2 aliphatic heterocycles. The van der Waals surface area contributed by atoms with Crippen LogP contribution in [0.4, 0.5) is 0 Å². The average Bonchev–Trinajstić information content (AvgIpc) is 2.52. The minimum Gasteiger partial charge on any atom is -0.384 e. The van der Waals surface area contributed by atoms with Crippen molar-refractivity contribution in [1.82, 2.24) is 10.2 Å². The van der Waals surface area contributed by atoms with Gasteiger partial charge in [-0.15, -0.1) is 0 Å². The number of likely N-dealkylation sites (tertiary alicyclic amines) is 1. The first-order valence-electron chi connectivity index (χ1n) is 9.18. The summed E-state index contributed by atoms with van der Waals surface area (Å²) in [5, 5.41) is 3.51. The molecule has 1 N–H and O–H groups in total. The Balaban J connectivity index is 1.53. The lowest BCUT2D eigenvalue weighted by molar-refractivity contribution is -0.00436. The quantitative estimate of drug-likeness (QED) is 0.862. The van der Waals surface area contributed by atoms with Crippen LogP contribution < -0.4 is 5.32 Å². The van der Waals surface area contributed by atoms with E-state index in [1.165, 1.54) is 90.5 Å². The fraction of sp³-hybridized carbons (Fsp3) is 1.00. The lowest BCUT2D eigenvalue weighted by Crippen LogP contribution is -2.50. The van der Waals surface area contributed by atoms with Gasteiger partial charge in [0.1, 0.15) is 0 Å². The van der Waals surface area contributed by atoms with Crippen LogP contribution in [0, 0.1) is 10.8 Å². The van der Waals surface area contributed by atoms with Gasteiger partial charge in [-0.3, -0.25) is 0 Å². The molecule has 2 heterocycles. The van der Waals surface area contributed by atoms with E-state index in [1.54, 1.807) is 0 Å². The molecule has 122 valence electrons. The van der Waals surface area contributed by atoms with Gasteiger partial charge >= 0.3 is 0 Å². The van der Waals surface area contributed by atoms with Crippen molar-refractivity contribution < 1.29 is 4.74 Å². The van der Waals surface area contributed by atoms with Crippen molar-refractivity contribution in [3.05, 3.63) is 0 Å². The molecule has 1 spiro atoms. The van der Waals surface area contributed by atoms with Crippen LogP contribution >= 0.6 is 0 Å². The zero-order chi connectivity index (χ0) is 14.6. The maximum atomic E-state index is 5.58. The van der Waals surface area contributed by atoms with E-state index >= 15 is 0 Å². The summed E-state index contributed by atoms with van der Waals surface area (Å²) >= 11 is 0. The molecule has 2 saturated heterocycles. The highest BCUT2D eigenvalue weighted by molar-refractivity contribution is 4.92. The van der Waals surface area contributed by atoms with Crippen molar-refractivity contribution in [3.8, 4) is 0 Å². The van der Waals surface area contributed by atoms with Gasteiger partial charge in [0, 0.05) is 19.1 Å². The molecule has 0 amide bonds.